The Morgan fingerprint density at radius 3 is 3.14 bits per heavy atom. The highest BCUT2D eigenvalue weighted by atomic mass is 32.1. The van der Waals surface area contributed by atoms with Gasteiger partial charge in [0.25, 0.3) is 0 Å². The summed E-state index contributed by atoms with van der Waals surface area (Å²) in [5.41, 5.74) is 0. The van der Waals surface area contributed by atoms with E-state index < -0.39 is 0 Å². The highest BCUT2D eigenvalue weighted by Gasteiger charge is 2.03. The van der Waals surface area contributed by atoms with Gasteiger partial charge < -0.3 is 9.67 Å². The van der Waals surface area contributed by atoms with Gasteiger partial charge in [-0.2, -0.15) is 0 Å². The fourth-order valence-electron chi connectivity index (χ4n) is 1.39. The topological polar surface area (TPSA) is 38.0 Å². The molecule has 0 saturated heterocycles. The van der Waals surface area contributed by atoms with Crippen LogP contribution >= 0.6 is 11.3 Å². The van der Waals surface area contributed by atoms with Gasteiger partial charge in [-0.1, -0.05) is 6.07 Å². The summed E-state index contributed by atoms with van der Waals surface area (Å²) in [6.07, 6.45) is 4.53. The Morgan fingerprint density at radius 2 is 2.43 bits per heavy atom. The molecule has 0 aliphatic carbocycles. The lowest BCUT2D eigenvalue weighted by Gasteiger charge is -2.03. The first kappa shape index (κ1) is 9.43. The van der Waals surface area contributed by atoms with Crippen LogP contribution in [-0.4, -0.2) is 21.3 Å². The molecule has 0 unspecified atom stereocenters. The second-order valence-corrected chi connectivity index (χ2v) is 4.05. The summed E-state index contributed by atoms with van der Waals surface area (Å²) in [5.74, 6) is 1.02. The van der Waals surface area contributed by atoms with Crippen molar-refractivity contribution < 1.29 is 5.11 Å². The van der Waals surface area contributed by atoms with E-state index in [2.05, 4.69) is 16.4 Å². The van der Waals surface area contributed by atoms with Crippen molar-refractivity contribution in [2.45, 2.75) is 13.0 Å². The van der Waals surface area contributed by atoms with E-state index in [0.29, 0.717) is 6.54 Å². The third kappa shape index (κ3) is 2.02. The lowest BCUT2D eigenvalue weighted by atomic mass is 10.3. The van der Waals surface area contributed by atoms with Crippen molar-refractivity contribution in [2.24, 2.45) is 0 Å². The SMILES string of the molecule is OCCn1ccnc1Cc1cccs1. The van der Waals surface area contributed by atoms with Crippen LogP contribution in [0.2, 0.25) is 0 Å². The normalized spacial score (nSPS) is 10.6. The fraction of sp³-hybridized carbons (Fsp3) is 0.300. The number of aromatic nitrogens is 2. The van der Waals surface area contributed by atoms with Gasteiger partial charge in [0.2, 0.25) is 0 Å². The Hall–Kier alpha value is -1.13. The summed E-state index contributed by atoms with van der Waals surface area (Å²) < 4.78 is 1.99. The number of thiophene rings is 1. The molecule has 14 heavy (non-hydrogen) atoms. The monoisotopic (exact) mass is 208 g/mol. The number of imidazole rings is 1. The molecule has 2 aromatic rings. The van der Waals surface area contributed by atoms with E-state index >= 15 is 0 Å². The summed E-state index contributed by atoms with van der Waals surface area (Å²) in [4.78, 5) is 5.57. The van der Waals surface area contributed by atoms with Crippen LogP contribution in [-0.2, 0) is 13.0 Å². The molecule has 0 spiro atoms. The number of aliphatic hydroxyl groups is 1. The van der Waals surface area contributed by atoms with E-state index in [1.165, 1.54) is 4.88 Å². The molecule has 0 radical (unpaired) electrons. The molecule has 0 bridgehead atoms. The third-order valence-electron chi connectivity index (χ3n) is 2.06. The maximum absolute atomic E-state index is 8.84. The highest BCUT2D eigenvalue weighted by Crippen LogP contribution is 2.13. The predicted molar refractivity (Wildman–Crippen MR) is 56.4 cm³/mol. The van der Waals surface area contributed by atoms with Crippen molar-refractivity contribution in [1.82, 2.24) is 9.55 Å². The molecule has 2 rings (SSSR count). The molecule has 0 aliphatic rings. The van der Waals surface area contributed by atoms with Crippen molar-refractivity contribution in [2.75, 3.05) is 6.61 Å². The summed E-state index contributed by atoms with van der Waals surface area (Å²) in [7, 11) is 0. The van der Waals surface area contributed by atoms with E-state index in [9.17, 15) is 0 Å². The summed E-state index contributed by atoms with van der Waals surface area (Å²) in [6, 6.07) is 4.14. The molecule has 3 nitrogen and oxygen atoms in total. The Labute approximate surface area is 86.7 Å². The maximum Gasteiger partial charge on any atom is 0.113 e. The van der Waals surface area contributed by atoms with E-state index in [-0.39, 0.29) is 6.61 Å². The van der Waals surface area contributed by atoms with Crippen molar-refractivity contribution in [3.63, 3.8) is 0 Å². The molecule has 0 atom stereocenters. The highest BCUT2D eigenvalue weighted by molar-refractivity contribution is 7.09. The molecule has 1 N–H and O–H groups in total. The first-order valence-corrected chi connectivity index (χ1v) is 5.41. The summed E-state index contributed by atoms with van der Waals surface area (Å²) >= 11 is 1.73. The average molecular weight is 208 g/mol. The van der Waals surface area contributed by atoms with Crippen molar-refractivity contribution in [3.8, 4) is 0 Å². The van der Waals surface area contributed by atoms with E-state index in [0.717, 1.165) is 12.2 Å². The molecule has 0 aromatic carbocycles. The first-order valence-electron chi connectivity index (χ1n) is 4.53. The lowest BCUT2D eigenvalue weighted by molar-refractivity contribution is 0.274. The predicted octanol–water partition coefficient (Wildman–Crippen LogP) is 1.53. The van der Waals surface area contributed by atoms with Gasteiger partial charge in [-0.05, 0) is 11.4 Å². The van der Waals surface area contributed by atoms with Crippen molar-refractivity contribution in [1.29, 1.82) is 0 Å². The van der Waals surface area contributed by atoms with Gasteiger partial charge in [-0.25, -0.2) is 4.98 Å². The largest absolute Gasteiger partial charge is 0.395 e. The van der Waals surface area contributed by atoms with Crippen LogP contribution in [0.3, 0.4) is 0 Å². The number of hydrogen-bond donors (Lipinski definition) is 1. The molecule has 0 aliphatic heterocycles. The minimum absolute atomic E-state index is 0.161. The first-order chi connectivity index (χ1) is 6.90. The van der Waals surface area contributed by atoms with Gasteiger partial charge >= 0.3 is 0 Å². The minimum atomic E-state index is 0.161. The van der Waals surface area contributed by atoms with Gasteiger partial charge in [0.05, 0.1) is 6.61 Å². The van der Waals surface area contributed by atoms with Crippen molar-refractivity contribution >= 4 is 11.3 Å². The van der Waals surface area contributed by atoms with Gasteiger partial charge in [0.15, 0.2) is 0 Å². The molecule has 2 heterocycles. The molecule has 0 saturated carbocycles. The second kappa shape index (κ2) is 4.39. The Morgan fingerprint density at radius 1 is 1.50 bits per heavy atom. The zero-order valence-electron chi connectivity index (χ0n) is 7.76. The molecule has 0 fully saturated rings. The summed E-state index contributed by atoms with van der Waals surface area (Å²) in [6.45, 7) is 0.786. The molecule has 2 aromatic heterocycles. The summed E-state index contributed by atoms with van der Waals surface area (Å²) in [5, 5.41) is 10.9. The van der Waals surface area contributed by atoms with Gasteiger partial charge in [0, 0.05) is 30.2 Å². The van der Waals surface area contributed by atoms with Crippen molar-refractivity contribution in [3.05, 3.63) is 40.6 Å². The lowest BCUT2D eigenvalue weighted by Crippen LogP contribution is -2.06. The van der Waals surface area contributed by atoms with Gasteiger partial charge in [0.1, 0.15) is 5.82 Å². The Kier molecular flexibility index (Phi) is 2.96. The Balaban J connectivity index is 2.12. The number of rotatable bonds is 4. The third-order valence-corrected chi connectivity index (χ3v) is 2.93. The van der Waals surface area contributed by atoms with Crippen LogP contribution in [0.25, 0.3) is 0 Å². The van der Waals surface area contributed by atoms with E-state index in [4.69, 9.17) is 5.11 Å². The molecule has 74 valence electrons. The zero-order chi connectivity index (χ0) is 9.80. The van der Waals surface area contributed by atoms with E-state index in [1.54, 1.807) is 17.5 Å². The Bertz CT molecular complexity index is 380. The molecular formula is C10H12N2OS. The second-order valence-electron chi connectivity index (χ2n) is 3.02. The van der Waals surface area contributed by atoms with Crippen LogP contribution in [0.5, 0.6) is 0 Å². The maximum atomic E-state index is 8.84. The van der Waals surface area contributed by atoms with Crippen LogP contribution in [0.4, 0.5) is 0 Å². The van der Waals surface area contributed by atoms with Crippen LogP contribution < -0.4 is 0 Å². The quantitative estimate of drug-likeness (QED) is 0.827. The minimum Gasteiger partial charge on any atom is -0.395 e. The molecule has 4 heteroatoms. The van der Waals surface area contributed by atoms with Gasteiger partial charge in [-0.15, -0.1) is 11.3 Å². The molecule has 0 amide bonds. The standard InChI is InChI=1S/C10H12N2OS/c13-6-5-12-4-3-11-10(12)8-9-2-1-7-14-9/h1-4,7,13H,5-6,8H2. The van der Waals surface area contributed by atoms with E-state index in [1.807, 2.05) is 16.8 Å². The zero-order valence-corrected chi connectivity index (χ0v) is 8.57. The average Bonchev–Trinajstić information content (AvgIpc) is 2.80. The smallest absolute Gasteiger partial charge is 0.113 e. The van der Waals surface area contributed by atoms with Crippen LogP contribution in [0.15, 0.2) is 29.9 Å². The number of hydrogen-bond acceptors (Lipinski definition) is 3. The number of aliphatic hydroxyl groups excluding tert-OH is 1. The van der Waals surface area contributed by atoms with Crippen LogP contribution in [0.1, 0.15) is 10.7 Å². The van der Waals surface area contributed by atoms with Crippen LogP contribution in [0, 0.1) is 0 Å². The number of nitrogens with zero attached hydrogens (tertiary/aromatic N) is 2. The van der Waals surface area contributed by atoms with Gasteiger partial charge in [-0.3, -0.25) is 0 Å². The fourth-order valence-corrected chi connectivity index (χ4v) is 2.09. The molecular weight excluding hydrogens is 196 g/mol.